The molecule has 0 radical (unpaired) electrons. The summed E-state index contributed by atoms with van der Waals surface area (Å²) in [4.78, 5) is 0. The molecule has 0 aromatic heterocycles. The molecule has 0 saturated carbocycles. The molecular weight excluding hydrogens is 524 g/mol. The predicted molar refractivity (Wildman–Crippen MR) is 178 cm³/mol. The van der Waals surface area contributed by atoms with Crippen LogP contribution < -0.4 is 9.47 Å². The molecule has 0 spiro atoms. The molecule has 6 aromatic carbocycles. The van der Waals surface area contributed by atoms with E-state index in [-0.39, 0.29) is 5.41 Å². The minimum absolute atomic E-state index is 0.209. The van der Waals surface area contributed by atoms with Gasteiger partial charge in [0.25, 0.3) is 0 Å². The summed E-state index contributed by atoms with van der Waals surface area (Å²) in [6.07, 6.45) is 5.29. The van der Waals surface area contributed by atoms with Gasteiger partial charge >= 0.3 is 0 Å². The maximum Gasteiger partial charge on any atom is 0.146 e. The van der Waals surface area contributed by atoms with Gasteiger partial charge in [0.15, 0.2) is 0 Å². The monoisotopic (exact) mass is 556 g/mol. The van der Waals surface area contributed by atoms with E-state index in [1.165, 1.54) is 49.4 Å². The molecule has 2 aliphatic rings. The van der Waals surface area contributed by atoms with Gasteiger partial charge in [0.1, 0.15) is 23.9 Å². The number of fused-ring (bicyclic) bond motifs is 5. The Morgan fingerprint density at radius 2 is 1.30 bits per heavy atom. The smallest absolute Gasteiger partial charge is 0.146 e. The van der Waals surface area contributed by atoms with Crippen molar-refractivity contribution in [1.29, 1.82) is 0 Å². The number of hydrogen-bond acceptors (Lipinski definition) is 2. The van der Waals surface area contributed by atoms with Crippen molar-refractivity contribution in [1.82, 2.24) is 0 Å². The number of para-hydroxylation sites is 1. The molecule has 0 atom stereocenters. The number of benzene rings is 6. The summed E-state index contributed by atoms with van der Waals surface area (Å²) in [6.45, 7) is 4.96. The van der Waals surface area contributed by atoms with Crippen molar-refractivity contribution in [3.63, 3.8) is 0 Å². The lowest BCUT2D eigenvalue weighted by atomic mass is 9.74. The van der Waals surface area contributed by atoms with E-state index in [1.807, 2.05) is 12.1 Å². The van der Waals surface area contributed by atoms with E-state index in [9.17, 15) is 0 Å². The van der Waals surface area contributed by atoms with Gasteiger partial charge < -0.3 is 9.47 Å². The van der Waals surface area contributed by atoms with Crippen LogP contribution in [0.5, 0.6) is 11.5 Å². The fourth-order valence-corrected chi connectivity index (χ4v) is 6.79. The van der Waals surface area contributed by atoms with Crippen LogP contribution in [0.3, 0.4) is 0 Å². The van der Waals surface area contributed by atoms with Gasteiger partial charge in [0.05, 0.1) is 0 Å². The van der Waals surface area contributed by atoms with E-state index >= 15 is 0 Å². The zero-order chi connectivity index (χ0) is 29.0. The van der Waals surface area contributed by atoms with E-state index in [0.717, 1.165) is 34.8 Å². The summed E-state index contributed by atoms with van der Waals surface area (Å²) in [7, 11) is 0. The topological polar surface area (TPSA) is 18.5 Å². The zero-order valence-corrected chi connectivity index (χ0v) is 24.4. The minimum Gasteiger partial charge on any atom is -0.485 e. The minimum atomic E-state index is -0.209. The summed E-state index contributed by atoms with van der Waals surface area (Å²) in [5.74, 6) is 2.69. The number of ether oxygens (including phenoxy) is 2. The molecule has 0 amide bonds. The van der Waals surface area contributed by atoms with Gasteiger partial charge in [-0.3, -0.25) is 0 Å². The number of rotatable bonds is 2. The quantitative estimate of drug-likeness (QED) is 0.198. The molecule has 0 unspecified atom stereocenters. The maximum absolute atomic E-state index is 6.63. The molecule has 2 heteroatoms. The molecule has 43 heavy (non-hydrogen) atoms. The Balaban J connectivity index is 1.14. The first kappa shape index (κ1) is 25.6. The lowest BCUT2D eigenvalue weighted by Crippen LogP contribution is -2.29. The van der Waals surface area contributed by atoms with Crippen LogP contribution in [0.4, 0.5) is 0 Å². The predicted octanol–water partition coefficient (Wildman–Crippen LogP) is 10.4. The molecule has 0 saturated heterocycles. The van der Waals surface area contributed by atoms with Crippen LogP contribution in [0.2, 0.25) is 0 Å². The van der Waals surface area contributed by atoms with Gasteiger partial charge in [-0.15, -0.1) is 0 Å². The van der Waals surface area contributed by atoms with Gasteiger partial charge in [-0.05, 0) is 74.0 Å². The average Bonchev–Trinajstić information content (AvgIpc) is 3.14. The second kappa shape index (κ2) is 10.0. The third-order valence-corrected chi connectivity index (χ3v) is 9.11. The van der Waals surface area contributed by atoms with E-state index < -0.39 is 0 Å². The summed E-state index contributed by atoms with van der Waals surface area (Å²) in [6, 6.07) is 43.5. The average molecular weight is 557 g/mol. The van der Waals surface area contributed by atoms with Gasteiger partial charge in [-0.2, -0.15) is 0 Å². The van der Waals surface area contributed by atoms with Crippen LogP contribution in [0, 0.1) is 0 Å². The Bertz CT molecular complexity index is 2090. The first-order valence-electron chi connectivity index (χ1n) is 15.0. The number of allylic oxidation sites excluding steroid dienone is 3. The third kappa shape index (κ3) is 4.33. The largest absolute Gasteiger partial charge is 0.485 e. The van der Waals surface area contributed by atoms with Gasteiger partial charge in [-0.25, -0.2) is 0 Å². The molecule has 0 aliphatic carbocycles. The Morgan fingerprint density at radius 1 is 0.605 bits per heavy atom. The van der Waals surface area contributed by atoms with E-state index in [2.05, 4.69) is 135 Å². The van der Waals surface area contributed by atoms with Gasteiger partial charge in [-0.1, -0.05) is 129 Å². The highest BCUT2D eigenvalue weighted by atomic mass is 16.5. The van der Waals surface area contributed by atoms with Crippen molar-refractivity contribution in [2.24, 2.45) is 0 Å². The molecule has 208 valence electrons. The van der Waals surface area contributed by atoms with Crippen LogP contribution in [-0.2, 0) is 11.8 Å². The summed E-state index contributed by atoms with van der Waals surface area (Å²) < 4.78 is 12.9. The Morgan fingerprint density at radius 3 is 2.16 bits per heavy atom. The Hall–Kier alpha value is -5.08. The third-order valence-electron chi connectivity index (χ3n) is 9.11. The van der Waals surface area contributed by atoms with E-state index in [0.29, 0.717) is 6.61 Å². The van der Waals surface area contributed by atoms with Crippen LogP contribution in [0.15, 0.2) is 145 Å². The van der Waals surface area contributed by atoms with Crippen molar-refractivity contribution in [3.8, 4) is 33.8 Å². The Kier molecular flexibility index (Phi) is 5.97. The van der Waals surface area contributed by atoms with Crippen molar-refractivity contribution in [2.75, 3.05) is 6.61 Å². The normalized spacial score (nSPS) is 16.1. The molecule has 0 bridgehead atoms. The second-order valence-corrected chi connectivity index (χ2v) is 12.0. The van der Waals surface area contributed by atoms with Crippen LogP contribution in [-0.4, -0.2) is 6.61 Å². The number of hydrogen-bond donors (Lipinski definition) is 0. The van der Waals surface area contributed by atoms with Gasteiger partial charge in [0, 0.05) is 16.6 Å². The van der Waals surface area contributed by atoms with Crippen molar-refractivity contribution < 1.29 is 9.47 Å². The highest BCUT2D eigenvalue weighted by Crippen LogP contribution is 2.46. The zero-order valence-electron chi connectivity index (χ0n) is 24.4. The summed E-state index contributed by atoms with van der Waals surface area (Å²) in [5, 5.41) is 5.11. The highest BCUT2D eigenvalue weighted by molar-refractivity contribution is 6.13. The first-order valence-corrected chi connectivity index (χ1v) is 15.0. The molecule has 8 rings (SSSR count). The van der Waals surface area contributed by atoms with E-state index in [1.54, 1.807) is 0 Å². The Labute approximate surface area is 252 Å². The second-order valence-electron chi connectivity index (χ2n) is 12.0. The molecule has 0 fully saturated rings. The van der Waals surface area contributed by atoms with Crippen molar-refractivity contribution in [2.45, 2.75) is 25.7 Å². The maximum atomic E-state index is 6.63. The molecule has 2 aliphatic heterocycles. The summed E-state index contributed by atoms with van der Waals surface area (Å²) in [5.41, 5.74) is 8.12. The lowest BCUT2D eigenvalue weighted by Gasteiger charge is -2.35. The van der Waals surface area contributed by atoms with Crippen LogP contribution >= 0.6 is 0 Å². The molecule has 2 nitrogen and oxygen atoms in total. The summed E-state index contributed by atoms with van der Waals surface area (Å²) >= 11 is 0. The molecule has 2 heterocycles. The molecule has 0 N–H and O–H groups in total. The molecular formula is C41H32O2. The van der Waals surface area contributed by atoms with Crippen LogP contribution in [0.25, 0.3) is 43.8 Å². The fraction of sp³-hybridized carbons (Fsp3) is 0.122. The van der Waals surface area contributed by atoms with E-state index in [4.69, 9.17) is 9.47 Å². The molecule has 6 aromatic rings. The highest BCUT2D eigenvalue weighted by Gasteiger charge is 2.36. The lowest BCUT2D eigenvalue weighted by molar-refractivity contribution is 0.261. The SMILES string of the molecule is CC1(C)C2=C(COc3ccccc3C/C=C\2)Oc2cc(-c3ccc(-c4cc5ccccc5c5ccccc45)cc3)ccc21. The first-order chi connectivity index (χ1) is 21.1. The van der Waals surface area contributed by atoms with Crippen molar-refractivity contribution >= 4 is 21.5 Å². The van der Waals surface area contributed by atoms with Gasteiger partial charge in [0.2, 0.25) is 0 Å². The standard InChI is InChI=1S/C41H32O2/c1-41(2)36-16-9-12-29-10-4-8-17-38(29)42-26-40(36)43-39-25-30(22-23-37(39)41)27-18-20-28(21-19-27)35-24-31-11-3-5-13-32(31)33-14-6-7-15-34(33)35/h3-11,13-25H,12,26H2,1-2H3/b16-9-. The van der Waals surface area contributed by atoms with Crippen LogP contribution in [0.1, 0.15) is 25.0 Å². The fourth-order valence-electron chi connectivity index (χ4n) is 6.79. The van der Waals surface area contributed by atoms with Crippen molar-refractivity contribution in [3.05, 3.63) is 156 Å².